The third-order valence-corrected chi connectivity index (χ3v) is 11.1. The topological polar surface area (TPSA) is 228 Å². The summed E-state index contributed by atoms with van der Waals surface area (Å²) in [5.41, 5.74) is 0. The highest BCUT2D eigenvalue weighted by Gasteiger charge is 2.50. The molecule has 1 amide bonds. The van der Waals surface area contributed by atoms with Gasteiger partial charge in [-0.1, -0.05) is 134 Å². The minimum absolute atomic E-state index is 0.259. The second-order valence-electron chi connectivity index (χ2n) is 16.2. The van der Waals surface area contributed by atoms with Crippen LogP contribution in [0.25, 0.3) is 0 Å². The first-order valence-electron chi connectivity index (χ1n) is 22.7. The zero-order valence-electron chi connectivity index (χ0n) is 36.0. The Bertz CT molecular complexity index is 1140. The van der Waals surface area contributed by atoms with E-state index in [1.54, 1.807) is 6.08 Å². The van der Waals surface area contributed by atoms with E-state index in [4.69, 9.17) is 18.9 Å². The molecule has 59 heavy (non-hydrogen) atoms. The molecule has 2 heterocycles. The average Bonchev–Trinajstić information content (AvgIpc) is 3.23. The predicted octanol–water partition coefficient (Wildman–Crippen LogP) is 4.37. The molecule has 0 bridgehead atoms. The van der Waals surface area contributed by atoms with Gasteiger partial charge in [-0.2, -0.15) is 0 Å². The highest BCUT2D eigenvalue weighted by Crippen LogP contribution is 2.30. The fourth-order valence-electron chi connectivity index (χ4n) is 7.26. The van der Waals surface area contributed by atoms with Crippen molar-refractivity contribution in [2.45, 2.75) is 222 Å². The van der Waals surface area contributed by atoms with Crippen molar-refractivity contribution in [3.05, 3.63) is 36.5 Å². The molecule has 2 aliphatic rings. The number of nitrogens with one attached hydrogen (secondary N) is 1. The van der Waals surface area contributed by atoms with Gasteiger partial charge in [0.15, 0.2) is 12.6 Å². The fraction of sp³-hybridized carbons (Fsp3) is 0.844. The third kappa shape index (κ3) is 21.2. The molecule has 14 nitrogen and oxygen atoms in total. The molecule has 0 saturated carbocycles. The molecule has 0 aromatic carbocycles. The highest BCUT2D eigenvalue weighted by atomic mass is 16.7. The Kier molecular flexibility index (Phi) is 29.7. The van der Waals surface area contributed by atoms with Gasteiger partial charge in [-0.05, 0) is 44.9 Å². The van der Waals surface area contributed by atoms with Gasteiger partial charge in [0.05, 0.1) is 32.0 Å². The Labute approximate surface area is 353 Å². The van der Waals surface area contributed by atoms with Crippen LogP contribution in [0.15, 0.2) is 36.5 Å². The van der Waals surface area contributed by atoms with Crippen molar-refractivity contribution >= 4 is 5.91 Å². The Balaban J connectivity index is 1.93. The van der Waals surface area contributed by atoms with Gasteiger partial charge in [0, 0.05) is 6.42 Å². The van der Waals surface area contributed by atoms with Crippen molar-refractivity contribution in [1.29, 1.82) is 0 Å². The lowest BCUT2D eigenvalue weighted by molar-refractivity contribution is -0.359. The van der Waals surface area contributed by atoms with Crippen LogP contribution in [0.3, 0.4) is 0 Å². The Morgan fingerprint density at radius 1 is 0.593 bits per heavy atom. The molecule has 0 aliphatic carbocycles. The number of amides is 1. The Hall–Kier alpha value is -1.79. The molecule has 12 atom stereocenters. The van der Waals surface area contributed by atoms with Crippen LogP contribution in [0.1, 0.15) is 149 Å². The fourth-order valence-corrected chi connectivity index (χ4v) is 7.26. The predicted molar refractivity (Wildman–Crippen MR) is 226 cm³/mol. The summed E-state index contributed by atoms with van der Waals surface area (Å²) >= 11 is 0. The van der Waals surface area contributed by atoms with Gasteiger partial charge in [0.1, 0.15) is 48.8 Å². The van der Waals surface area contributed by atoms with E-state index in [-0.39, 0.29) is 18.9 Å². The highest BCUT2D eigenvalue weighted by molar-refractivity contribution is 5.76. The molecular formula is C45H81NO13. The van der Waals surface area contributed by atoms with Crippen LogP contribution in [-0.4, -0.2) is 140 Å². The molecule has 9 N–H and O–H groups in total. The Morgan fingerprint density at radius 2 is 1.08 bits per heavy atom. The summed E-state index contributed by atoms with van der Waals surface area (Å²) in [5.74, 6) is -0.259. The maximum atomic E-state index is 13.1. The van der Waals surface area contributed by atoms with E-state index in [9.17, 15) is 45.6 Å². The summed E-state index contributed by atoms with van der Waals surface area (Å²) in [7, 11) is 0. The van der Waals surface area contributed by atoms with Crippen LogP contribution in [-0.2, 0) is 23.7 Å². The molecule has 14 heteroatoms. The number of unbranched alkanes of at least 4 members (excludes halogenated alkanes) is 16. The summed E-state index contributed by atoms with van der Waals surface area (Å²) in [4.78, 5) is 13.1. The smallest absolute Gasteiger partial charge is 0.220 e. The maximum Gasteiger partial charge on any atom is 0.220 e. The van der Waals surface area contributed by atoms with E-state index in [1.807, 2.05) is 6.08 Å². The van der Waals surface area contributed by atoms with Gasteiger partial charge in [0.2, 0.25) is 5.91 Å². The van der Waals surface area contributed by atoms with E-state index >= 15 is 0 Å². The van der Waals surface area contributed by atoms with Gasteiger partial charge in [-0.15, -0.1) is 0 Å². The van der Waals surface area contributed by atoms with Crippen LogP contribution in [0.4, 0.5) is 0 Å². The number of allylic oxidation sites excluding steroid dienone is 5. The summed E-state index contributed by atoms with van der Waals surface area (Å²) in [6, 6.07) is -0.931. The molecule has 0 aromatic heterocycles. The second-order valence-corrected chi connectivity index (χ2v) is 16.2. The monoisotopic (exact) mass is 844 g/mol. The first-order valence-corrected chi connectivity index (χ1v) is 22.7. The first kappa shape index (κ1) is 53.3. The number of carbonyl (C=O) groups excluding carboxylic acids is 1. The van der Waals surface area contributed by atoms with Crippen molar-refractivity contribution in [2.24, 2.45) is 0 Å². The van der Waals surface area contributed by atoms with Crippen LogP contribution < -0.4 is 5.32 Å². The molecule has 2 rings (SSSR count). The lowest BCUT2D eigenvalue weighted by Gasteiger charge is -2.46. The quantitative estimate of drug-likeness (QED) is 0.0331. The number of hydrogen-bond donors (Lipinski definition) is 9. The summed E-state index contributed by atoms with van der Waals surface area (Å²) in [5, 5.41) is 86.3. The number of aliphatic hydroxyl groups is 8. The minimum Gasteiger partial charge on any atom is -0.394 e. The first-order chi connectivity index (χ1) is 28.6. The SMILES string of the molecule is CCCCCCC/C=C/CC/C=C/CC/C=C/C(O)C(COC1OC(CO)C(OC2OC(CO)C(O)C(O)C2O)C(O)C1O)NC(=O)CCCCCCCCCCCC. The summed E-state index contributed by atoms with van der Waals surface area (Å²) in [6.45, 7) is 2.69. The Morgan fingerprint density at radius 3 is 1.66 bits per heavy atom. The van der Waals surface area contributed by atoms with Crippen LogP contribution in [0.5, 0.6) is 0 Å². The number of hydrogen-bond acceptors (Lipinski definition) is 13. The third-order valence-electron chi connectivity index (χ3n) is 11.1. The summed E-state index contributed by atoms with van der Waals surface area (Å²) < 4.78 is 22.6. The molecule has 344 valence electrons. The van der Waals surface area contributed by atoms with E-state index in [1.165, 1.54) is 70.6 Å². The van der Waals surface area contributed by atoms with Gasteiger partial charge in [0.25, 0.3) is 0 Å². The molecule has 2 saturated heterocycles. The molecule has 2 fully saturated rings. The number of aliphatic hydroxyl groups excluding tert-OH is 8. The lowest BCUT2D eigenvalue weighted by Crippen LogP contribution is -2.65. The normalized spacial score (nSPS) is 28.8. The van der Waals surface area contributed by atoms with E-state index in [2.05, 4.69) is 43.5 Å². The van der Waals surface area contributed by atoms with Crippen LogP contribution in [0.2, 0.25) is 0 Å². The van der Waals surface area contributed by atoms with E-state index in [0.717, 1.165) is 44.9 Å². The van der Waals surface area contributed by atoms with Gasteiger partial charge >= 0.3 is 0 Å². The van der Waals surface area contributed by atoms with Crippen molar-refractivity contribution in [2.75, 3.05) is 19.8 Å². The van der Waals surface area contributed by atoms with Crippen molar-refractivity contribution in [1.82, 2.24) is 5.32 Å². The molecule has 0 radical (unpaired) electrons. The molecular weight excluding hydrogens is 762 g/mol. The van der Waals surface area contributed by atoms with E-state index < -0.39 is 86.8 Å². The molecule has 0 aromatic rings. The van der Waals surface area contributed by atoms with Gasteiger partial charge in [-0.3, -0.25) is 4.79 Å². The zero-order valence-corrected chi connectivity index (χ0v) is 36.0. The minimum atomic E-state index is -1.79. The van der Waals surface area contributed by atoms with Crippen LogP contribution >= 0.6 is 0 Å². The summed E-state index contributed by atoms with van der Waals surface area (Å²) in [6.07, 6.45) is 17.7. The number of rotatable bonds is 33. The van der Waals surface area contributed by atoms with E-state index in [0.29, 0.717) is 12.8 Å². The largest absolute Gasteiger partial charge is 0.394 e. The lowest BCUT2D eigenvalue weighted by atomic mass is 9.97. The number of carbonyl (C=O) groups is 1. The second kappa shape index (κ2) is 32.9. The maximum absolute atomic E-state index is 13.1. The van der Waals surface area contributed by atoms with Crippen molar-refractivity contribution in [3.8, 4) is 0 Å². The van der Waals surface area contributed by atoms with Crippen molar-refractivity contribution in [3.63, 3.8) is 0 Å². The molecule has 0 spiro atoms. The van der Waals surface area contributed by atoms with Crippen LogP contribution in [0, 0.1) is 0 Å². The van der Waals surface area contributed by atoms with Crippen molar-refractivity contribution < 1.29 is 64.6 Å². The molecule has 2 aliphatic heterocycles. The van der Waals surface area contributed by atoms with Gasteiger partial charge < -0.3 is 65.1 Å². The number of ether oxygens (including phenoxy) is 4. The standard InChI is InChI=1S/C45H81NO13/c1-3-5-7-9-11-13-15-16-17-18-19-20-22-24-26-28-34(49)33(46-37(50)29-27-25-23-21-14-12-10-8-6-4-2)32-56-44-42(55)40(53)43(36(31-48)58-44)59-45-41(54)39(52)38(51)35(30-47)57-45/h15-16,19-20,26,28,33-36,38-45,47-49,51-55H,3-14,17-18,21-25,27,29-32H2,1-2H3,(H,46,50)/b16-15+,20-19+,28-26+. The van der Waals surface area contributed by atoms with Gasteiger partial charge in [-0.25, -0.2) is 0 Å². The zero-order chi connectivity index (χ0) is 43.3. The molecule has 12 unspecified atom stereocenters. The average molecular weight is 844 g/mol.